The van der Waals surface area contributed by atoms with Crippen LogP contribution >= 0.6 is 24.0 Å². The van der Waals surface area contributed by atoms with Crippen LogP contribution in [0.2, 0.25) is 0 Å². The molecule has 2 fully saturated rings. The van der Waals surface area contributed by atoms with Crippen molar-refractivity contribution in [2.24, 2.45) is 16.6 Å². The first-order valence-electron chi connectivity index (χ1n) is 10.6. The number of halogens is 1. The molecular formula is C22H37IN4O. The molecule has 0 aliphatic carbocycles. The molecule has 0 bridgehead atoms. The van der Waals surface area contributed by atoms with Gasteiger partial charge in [0.25, 0.3) is 0 Å². The van der Waals surface area contributed by atoms with E-state index in [9.17, 15) is 0 Å². The summed E-state index contributed by atoms with van der Waals surface area (Å²) in [7, 11) is 0. The molecular weight excluding hydrogens is 463 g/mol. The molecule has 0 amide bonds. The van der Waals surface area contributed by atoms with Gasteiger partial charge in [0.2, 0.25) is 0 Å². The molecule has 6 heteroatoms. The van der Waals surface area contributed by atoms with Gasteiger partial charge >= 0.3 is 0 Å². The number of benzene rings is 1. The smallest absolute Gasteiger partial charge is 0.191 e. The van der Waals surface area contributed by atoms with Crippen molar-refractivity contribution in [1.82, 2.24) is 9.80 Å². The van der Waals surface area contributed by atoms with E-state index >= 15 is 0 Å². The van der Waals surface area contributed by atoms with E-state index in [4.69, 9.17) is 10.5 Å². The minimum absolute atomic E-state index is 0. The monoisotopic (exact) mass is 500 g/mol. The van der Waals surface area contributed by atoms with Crippen LogP contribution < -0.4 is 5.73 Å². The van der Waals surface area contributed by atoms with Gasteiger partial charge in [-0.05, 0) is 43.6 Å². The third-order valence-electron chi connectivity index (χ3n) is 5.69. The molecule has 2 N–H and O–H groups in total. The maximum Gasteiger partial charge on any atom is 0.191 e. The summed E-state index contributed by atoms with van der Waals surface area (Å²) in [5, 5.41) is 0. The zero-order chi connectivity index (χ0) is 18.9. The van der Waals surface area contributed by atoms with Crippen molar-refractivity contribution in [2.45, 2.75) is 51.7 Å². The van der Waals surface area contributed by atoms with Gasteiger partial charge in [-0.15, -0.1) is 24.0 Å². The number of piperidine rings is 2. The summed E-state index contributed by atoms with van der Waals surface area (Å²) in [4.78, 5) is 9.32. The summed E-state index contributed by atoms with van der Waals surface area (Å²) in [6.45, 7) is 9.25. The molecule has 1 aromatic carbocycles. The number of nitrogens with zero attached hydrogens (tertiary/aromatic N) is 3. The van der Waals surface area contributed by atoms with Crippen LogP contribution in [0.5, 0.6) is 0 Å². The highest BCUT2D eigenvalue weighted by molar-refractivity contribution is 14.0. The van der Waals surface area contributed by atoms with Crippen LogP contribution in [-0.2, 0) is 11.3 Å². The largest absolute Gasteiger partial charge is 0.378 e. The molecule has 1 aromatic rings. The Hall–Kier alpha value is -0.860. The number of ether oxygens (including phenoxy) is 1. The highest BCUT2D eigenvalue weighted by Gasteiger charge is 2.20. The second-order valence-electron chi connectivity index (χ2n) is 8.12. The van der Waals surface area contributed by atoms with E-state index in [0.29, 0.717) is 6.10 Å². The lowest BCUT2D eigenvalue weighted by atomic mass is 10.0. The van der Waals surface area contributed by atoms with Gasteiger partial charge in [-0.1, -0.05) is 37.3 Å². The minimum Gasteiger partial charge on any atom is -0.378 e. The van der Waals surface area contributed by atoms with Crippen LogP contribution in [0, 0.1) is 5.92 Å². The lowest BCUT2D eigenvalue weighted by molar-refractivity contribution is 0.00564. The third kappa shape index (κ3) is 7.87. The lowest BCUT2D eigenvalue weighted by Gasteiger charge is -2.32. The Kier molecular flexibility index (Phi) is 10.6. The van der Waals surface area contributed by atoms with Gasteiger partial charge in [-0.3, -0.25) is 9.89 Å². The van der Waals surface area contributed by atoms with Crippen LogP contribution in [0.4, 0.5) is 0 Å². The second kappa shape index (κ2) is 12.6. The highest BCUT2D eigenvalue weighted by Crippen LogP contribution is 2.17. The topological polar surface area (TPSA) is 54.1 Å². The Balaban J connectivity index is 0.00000280. The number of aliphatic imine (C=N–C) groups is 1. The normalized spacial score (nSPS) is 22.1. The van der Waals surface area contributed by atoms with Gasteiger partial charge in [0, 0.05) is 45.9 Å². The Morgan fingerprint density at radius 1 is 1.14 bits per heavy atom. The van der Waals surface area contributed by atoms with Crippen molar-refractivity contribution in [2.75, 3.05) is 39.3 Å². The number of likely N-dealkylation sites (tertiary alicyclic amines) is 2. The van der Waals surface area contributed by atoms with Crippen LogP contribution in [0.3, 0.4) is 0 Å². The maximum atomic E-state index is 6.14. The van der Waals surface area contributed by atoms with Crippen LogP contribution in [-0.4, -0.2) is 61.2 Å². The Morgan fingerprint density at radius 2 is 1.89 bits per heavy atom. The molecule has 2 saturated heterocycles. The van der Waals surface area contributed by atoms with E-state index in [1.807, 2.05) is 0 Å². The number of nitrogens with two attached hydrogens (primary N) is 1. The Morgan fingerprint density at radius 3 is 2.61 bits per heavy atom. The van der Waals surface area contributed by atoms with Gasteiger partial charge in [-0.25, -0.2) is 0 Å². The van der Waals surface area contributed by atoms with Crippen molar-refractivity contribution in [3.05, 3.63) is 35.9 Å². The average molecular weight is 500 g/mol. The molecule has 1 atom stereocenters. The first-order chi connectivity index (χ1) is 13.2. The zero-order valence-electron chi connectivity index (χ0n) is 17.3. The molecule has 158 valence electrons. The molecule has 28 heavy (non-hydrogen) atoms. The molecule has 5 nitrogen and oxygen atoms in total. The fourth-order valence-corrected chi connectivity index (χ4v) is 4.08. The van der Waals surface area contributed by atoms with Gasteiger partial charge in [0.05, 0.1) is 6.10 Å². The Bertz CT molecular complexity index is 575. The summed E-state index contributed by atoms with van der Waals surface area (Å²) >= 11 is 0. The van der Waals surface area contributed by atoms with Crippen LogP contribution in [0.1, 0.15) is 44.6 Å². The summed E-state index contributed by atoms with van der Waals surface area (Å²) in [5.41, 5.74) is 7.54. The molecule has 0 saturated carbocycles. The van der Waals surface area contributed by atoms with Crippen LogP contribution in [0.15, 0.2) is 35.3 Å². The van der Waals surface area contributed by atoms with Crippen molar-refractivity contribution in [3.8, 4) is 0 Å². The van der Waals surface area contributed by atoms with E-state index in [1.165, 1.54) is 18.4 Å². The zero-order valence-corrected chi connectivity index (χ0v) is 19.6. The minimum atomic E-state index is 0. The molecule has 2 aliphatic heterocycles. The summed E-state index contributed by atoms with van der Waals surface area (Å²) in [6, 6.07) is 10.7. The molecule has 0 spiro atoms. The molecule has 0 radical (unpaired) electrons. The number of rotatable bonds is 7. The summed E-state index contributed by atoms with van der Waals surface area (Å²) < 4.78 is 6.08. The van der Waals surface area contributed by atoms with Gasteiger partial charge < -0.3 is 15.4 Å². The van der Waals surface area contributed by atoms with Crippen molar-refractivity contribution in [1.29, 1.82) is 0 Å². The van der Waals surface area contributed by atoms with Gasteiger partial charge in [0.15, 0.2) is 5.96 Å². The fraction of sp³-hybridized carbons (Fsp3) is 0.682. The third-order valence-corrected chi connectivity index (χ3v) is 5.69. The van der Waals surface area contributed by atoms with Crippen molar-refractivity contribution < 1.29 is 4.74 Å². The first-order valence-corrected chi connectivity index (χ1v) is 10.6. The first kappa shape index (κ1) is 23.4. The maximum absolute atomic E-state index is 6.14. The fourth-order valence-electron chi connectivity index (χ4n) is 4.08. The Labute approximate surface area is 187 Å². The van der Waals surface area contributed by atoms with E-state index in [1.54, 1.807) is 0 Å². The molecule has 3 rings (SSSR count). The van der Waals surface area contributed by atoms with Gasteiger partial charge in [0.1, 0.15) is 0 Å². The predicted molar refractivity (Wildman–Crippen MR) is 127 cm³/mol. The molecule has 2 heterocycles. The number of hydrogen-bond acceptors (Lipinski definition) is 3. The van der Waals surface area contributed by atoms with E-state index < -0.39 is 0 Å². The predicted octanol–water partition coefficient (Wildman–Crippen LogP) is 3.72. The number of guanidine groups is 1. The SMILES string of the molecule is CC1CCCN(C(N)=NCCCOC2CCN(Cc3ccccc3)CC2)C1.I. The lowest BCUT2D eigenvalue weighted by Crippen LogP contribution is -2.43. The standard InChI is InChI=1S/C22H36N4O.HI/c1-19-7-5-13-26(17-19)22(23)24-12-6-16-27-21-10-14-25(15-11-21)18-20-8-3-2-4-9-20;/h2-4,8-9,19,21H,5-7,10-18H2,1H3,(H2,23,24);1H. The van der Waals surface area contributed by atoms with Gasteiger partial charge in [-0.2, -0.15) is 0 Å². The van der Waals surface area contributed by atoms with E-state index in [0.717, 1.165) is 77.0 Å². The highest BCUT2D eigenvalue weighted by atomic mass is 127. The number of hydrogen-bond donors (Lipinski definition) is 1. The summed E-state index contributed by atoms with van der Waals surface area (Å²) in [5.74, 6) is 1.44. The molecule has 2 aliphatic rings. The summed E-state index contributed by atoms with van der Waals surface area (Å²) in [6.07, 6.45) is 6.15. The van der Waals surface area contributed by atoms with E-state index in [-0.39, 0.29) is 24.0 Å². The molecule has 0 aromatic heterocycles. The quantitative estimate of drug-likeness (QED) is 0.269. The van der Waals surface area contributed by atoms with E-state index in [2.05, 4.69) is 52.0 Å². The molecule has 1 unspecified atom stereocenters. The van der Waals surface area contributed by atoms with Crippen molar-refractivity contribution >= 4 is 29.9 Å². The van der Waals surface area contributed by atoms with Crippen molar-refractivity contribution in [3.63, 3.8) is 0 Å². The van der Waals surface area contributed by atoms with Crippen LogP contribution in [0.25, 0.3) is 0 Å². The average Bonchev–Trinajstić information content (AvgIpc) is 2.69. The second-order valence-corrected chi connectivity index (χ2v) is 8.12.